The van der Waals surface area contributed by atoms with Crippen molar-refractivity contribution in [1.82, 2.24) is 4.57 Å². The summed E-state index contributed by atoms with van der Waals surface area (Å²) in [7, 11) is 2.07. The Bertz CT molecular complexity index is 574. The third kappa shape index (κ3) is 1.52. The standard InChI is InChI=1S/C14H16N2/c1-4-11(15)9-13-10(2)16(3)14-8-6-5-7-12(13)14/h4-9H,1,15H2,2-3H3/b11-9+. The second-order valence-electron chi connectivity index (χ2n) is 3.92. The molecule has 1 aromatic carbocycles. The van der Waals surface area contributed by atoms with Gasteiger partial charge >= 0.3 is 0 Å². The van der Waals surface area contributed by atoms with Crippen LogP contribution in [0.1, 0.15) is 11.3 Å². The van der Waals surface area contributed by atoms with Gasteiger partial charge in [0.1, 0.15) is 0 Å². The molecule has 0 aliphatic heterocycles. The zero-order valence-electron chi connectivity index (χ0n) is 9.70. The summed E-state index contributed by atoms with van der Waals surface area (Å²) in [5, 5.41) is 1.23. The Balaban J connectivity index is 2.78. The van der Waals surface area contributed by atoms with E-state index in [9.17, 15) is 0 Å². The summed E-state index contributed by atoms with van der Waals surface area (Å²) < 4.78 is 2.18. The number of para-hydroxylation sites is 1. The van der Waals surface area contributed by atoms with E-state index in [1.54, 1.807) is 6.08 Å². The number of aryl methyl sites for hydroxylation is 1. The van der Waals surface area contributed by atoms with E-state index < -0.39 is 0 Å². The summed E-state index contributed by atoms with van der Waals surface area (Å²) in [6.45, 7) is 5.77. The van der Waals surface area contributed by atoms with E-state index in [0.29, 0.717) is 5.70 Å². The van der Waals surface area contributed by atoms with Crippen molar-refractivity contribution < 1.29 is 0 Å². The molecule has 2 aromatic rings. The maximum Gasteiger partial charge on any atom is 0.0486 e. The first kappa shape index (κ1) is 10.6. The average Bonchev–Trinajstić information content (AvgIpc) is 2.55. The fourth-order valence-corrected chi connectivity index (χ4v) is 1.96. The van der Waals surface area contributed by atoms with E-state index in [1.165, 1.54) is 22.2 Å². The van der Waals surface area contributed by atoms with Crippen molar-refractivity contribution in [3.8, 4) is 0 Å². The van der Waals surface area contributed by atoms with Gasteiger partial charge in [-0.25, -0.2) is 0 Å². The molecule has 82 valence electrons. The van der Waals surface area contributed by atoms with Gasteiger partial charge in [0.25, 0.3) is 0 Å². The molecular formula is C14H16N2. The molecule has 0 amide bonds. The molecule has 2 nitrogen and oxygen atoms in total. The molecular weight excluding hydrogens is 196 g/mol. The van der Waals surface area contributed by atoms with Crippen molar-refractivity contribution in [2.24, 2.45) is 12.8 Å². The Hall–Kier alpha value is -1.96. The third-order valence-corrected chi connectivity index (χ3v) is 3.00. The number of rotatable bonds is 2. The second-order valence-corrected chi connectivity index (χ2v) is 3.92. The maximum absolute atomic E-state index is 5.81. The predicted molar refractivity (Wildman–Crippen MR) is 70.0 cm³/mol. The Morgan fingerprint density at radius 2 is 2.06 bits per heavy atom. The average molecular weight is 212 g/mol. The zero-order valence-corrected chi connectivity index (χ0v) is 9.70. The zero-order chi connectivity index (χ0) is 11.7. The molecule has 1 aromatic heterocycles. The lowest BCUT2D eigenvalue weighted by molar-refractivity contribution is 0.916. The van der Waals surface area contributed by atoms with Crippen LogP contribution in [0.5, 0.6) is 0 Å². The van der Waals surface area contributed by atoms with Gasteiger partial charge in [-0.3, -0.25) is 0 Å². The van der Waals surface area contributed by atoms with E-state index in [-0.39, 0.29) is 0 Å². The van der Waals surface area contributed by atoms with Gasteiger partial charge in [0, 0.05) is 34.9 Å². The molecule has 0 spiro atoms. The van der Waals surface area contributed by atoms with E-state index >= 15 is 0 Å². The van der Waals surface area contributed by atoms with Crippen LogP contribution < -0.4 is 5.73 Å². The van der Waals surface area contributed by atoms with Crippen molar-refractivity contribution in [2.75, 3.05) is 0 Å². The van der Waals surface area contributed by atoms with Crippen LogP contribution in [0.2, 0.25) is 0 Å². The Morgan fingerprint density at radius 3 is 2.75 bits per heavy atom. The molecule has 1 heterocycles. The monoisotopic (exact) mass is 212 g/mol. The fraction of sp³-hybridized carbons (Fsp3) is 0.143. The van der Waals surface area contributed by atoms with Crippen molar-refractivity contribution in [1.29, 1.82) is 0 Å². The highest BCUT2D eigenvalue weighted by Crippen LogP contribution is 2.26. The fourth-order valence-electron chi connectivity index (χ4n) is 1.96. The topological polar surface area (TPSA) is 30.9 Å². The van der Waals surface area contributed by atoms with Gasteiger partial charge in [0.05, 0.1) is 0 Å². The second kappa shape index (κ2) is 3.89. The van der Waals surface area contributed by atoms with Crippen LogP contribution in [0, 0.1) is 6.92 Å². The van der Waals surface area contributed by atoms with Gasteiger partial charge in [0.15, 0.2) is 0 Å². The number of hydrogen-bond acceptors (Lipinski definition) is 1. The minimum atomic E-state index is 0.694. The van der Waals surface area contributed by atoms with E-state index in [2.05, 4.69) is 37.3 Å². The summed E-state index contributed by atoms with van der Waals surface area (Å²) >= 11 is 0. The van der Waals surface area contributed by atoms with Gasteiger partial charge in [-0.05, 0) is 25.1 Å². The van der Waals surface area contributed by atoms with Gasteiger partial charge in [-0.15, -0.1) is 0 Å². The summed E-state index contributed by atoms with van der Waals surface area (Å²) in [5.74, 6) is 0. The molecule has 0 aliphatic rings. The van der Waals surface area contributed by atoms with Crippen LogP contribution in [0.3, 0.4) is 0 Å². The molecule has 2 rings (SSSR count). The van der Waals surface area contributed by atoms with Crippen LogP contribution in [0.15, 0.2) is 42.6 Å². The largest absolute Gasteiger partial charge is 0.399 e. The normalized spacial score (nSPS) is 12.0. The number of fused-ring (bicyclic) bond motifs is 1. The van der Waals surface area contributed by atoms with Gasteiger partial charge in [-0.2, -0.15) is 0 Å². The van der Waals surface area contributed by atoms with Gasteiger partial charge in [-0.1, -0.05) is 24.8 Å². The van der Waals surface area contributed by atoms with Crippen molar-refractivity contribution in [3.05, 3.63) is 53.9 Å². The van der Waals surface area contributed by atoms with Crippen molar-refractivity contribution in [2.45, 2.75) is 6.92 Å². The van der Waals surface area contributed by atoms with E-state index in [0.717, 1.165) is 0 Å². The molecule has 2 heteroatoms. The number of nitrogens with two attached hydrogens (primary N) is 1. The number of hydrogen-bond donors (Lipinski definition) is 1. The van der Waals surface area contributed by atoms with E-state index in [4.69, 9.17) is 5.73 Å². The van der Waals surface area contributed by atoms with E-state index in [1.807, 2.05) is 18.2 Å². The van der Waals surface area contributed by atoms with Crippen LogP contribution in [0.4, 0.5) is 0 Å². The van der Waals surface area contributed by atoms with Gasteiger partial charge in [0.2, 0.25) is 0 Å². The van der Waals surface area contributed by atoms with Crippen LogP contribution in [0.25, 0.3) is 17.0 Å². The molecule has 0 radical (unpaired) electrons. The SMILES string of the molecule is C=C/C(N)=C\c1c(C)n(C)c2ccccc12. The summed E-state index contributed by atoms with van der Waals surface area (Å²) in [4.78, 5) is 0. The summed E-state index contributed by atoms with van der Waals surface area (Å²) in [6, 6.07) is 8.32. The van der Waals surface area contributed by atoms with Gasteiger partial charge < -0.3 is 10.3 Å². The number of aromatic nitrogens is 1. The lowest BCUT2D eigenvalue weighted by atomic mass is 10.1. The first-order valence-electron chi connectivity index (χ1n) is 5.28. The first-order chi connectivity index (χ1) is 7.65. The lowest BCUT2D eigenvalue weighted by Gasteiger charge is -1.98. The summed E-state index contributed by atoms with van der Waals surface area (Å²) in [5.41, 5.74) is 10.1. The Morgan fingerprint density at radius 1 is 1.38 bits per heavy atom. The Labute approximate surface area is 95.7 Å². The Kier molecular flexibility index (Phi) is 2.57. The minimum absolute atomic E-state index is 0.694. The molecule has 0 unspecified atom stereocenters. The maximum atomic E-state index is 5.81. The molecule has 0 saturated heterocycles. The number of allylic oxidation sites excluding steroid dienone is 1. The minimum Gasteiger partial charge on any atom is -0.399 e. The predicted octanol–water partition coefficient (Wildman–Crippen LogP) is 2.97. The van der Waals surface area contributed by atoms with Crippen molar-refractivity contribution >= 4 is 17.0 Å². The molecule has 16 heavy (non-hydrogen) atoms. The lowest BCUT2D eigenvalue weighted by Crippen LogP contribution is -1.93. The molecule has 0 saturated carbocycles. The smallest absolute Gasteiger partial charge is 0.0486 e. The summed E-state index contributed by atoms with van der Waals surface area (Å²) in [6.07, 6.45) is 3.64. The number of nitrogens with zero attached hydrogens (tertiary/aromatic N) is 1. The van der Waals surface area contributed by atoms with Crippen LogP contribution >= 0.6 is 0 Å². The molecule has 0 aliphatic carbocycles. The third-order valence-electron chi connectivity index (χ3n) is 3.00. The first-order valence-corrected chi connectivity index (χ1v) is 5.28. The molecule has 0 bridgehead atoms. The number of benzene rings is 1. The van der Waals surface area contributed by atoms with Crippen LogP contribution in [-0.4, -0.2) is 4.57 Å². The molecule has 2 N–H and O–H groups in total. The van der Waals surface area contributed by atoms with Crippen molar-refractivity contribution in [3.63, 3.8) is 0 Å². The highest BCUT2D eigenvalue weighted by Gasteiger charge is 2.08. The highest BCUT2D eigenvalue weighted by molar-refractivity contribution is 5.91. The quantitative estimate of drug-likeness (QED) is 0.762. The van der Waals surface area contributed by atoms with Crippen LogP contribution in [-0.2, 0) is 7.05 Å². The highest BCUT2D eigenvalue weighted by atomic mass is 14.9. The molecule has 0 atom stereocenters. The molecule has 0 fully saturated rings.